The van der Waals surface area contributed by atoms with Crippen LogP contribution in [0, 0.1) is 0 Å². The molecular weight excluding hydrogens is 206 g/mol. The molecule has 2 rings (SSSR count). The predicted molar refractivity (Wildman–Crippen MR) is 63.9 cm³/mol. The minimum atomic E-state index is 0.0417. The maximum absolute atomic E-state index is 5.36. The molecule has 0 saturated carbocycles. The van der Waals surface area contributed by atoms with Crippen LogP contribution in [0.25, 0.3) is 0 Å². The number of nitrogen functional groups attached to an aromatic ring is 4. The molecule has 0 aliphatic heterocycles. The fourth-order valence-corrected chi connectivity index (χ4v) is 0.880. The highest BCUT2D eigenvalue weighted by Crippen LogP contribution is 1.97. The first-order valence-electron chi connectivity index (χ1n) is 4.41. The highest BCUT2D eigenvalue weighted by Gasteiger charge is 1.93. The van der Waals surface area contributed by atoms with E-state index in [1.54, 1.807) is 0 Å². The fraction of sp³-hybridized carbons (Fsp3) is 0. The molecule has 0 aliphatic carbocycles. The molecule has 0 spiro atoms. The molecule has 0 unspecified atom stereocenters. The van der Waals surface area contributed by atoms with Crippen LogP contribution in [-0.2, 0) is 0 Å². The van der Waals surface area contributed by atoms with Gasteiger partial charge in [-0.25, -0.2) is 0 Å². The van der Waals surface area contributed by atoms with Crippen molar-refractivity contribution in [2.75, 3.05) is 22.9 Å². The minimum absolute atomic E-state index is 0.0417. The Labute approximate surface area is 92.5 Å². The Bertz CT molecular complexity index is 392. The number of nitrogens with two attached hydrogens (primary N) is 4. The van der Waals surface area contributed by atoms with Crippen LogP contribution in [0.3, 0.4) is 0 Å². The number of aromatic nitrogens is 3. The zero-order valence-corrected chi connectivity index (χ0v) is 8.54. The Hall–Kier alpha value is -2.57. The number of para-hydroxylation sites is 1. The number of hydrogen-bond acceptors (Lipinski definition) is 7. The summed E-state index contributed by atoms with van der Waals surface area (Å²) >= 11 is 0. The molecule has 7 heteroatoms. The summed E-state index contributed by atoms with van der Waals surface area (Å²) in [6.45, 7) is 0. The van der Waals surface area contributed by atoms with Crippen molar-refractivity contribution in [2.24, 2.45) is 0 Å². The number of rotatable bonds is 0. The Kier molecular flexibility index (Phi) is 3.84. The van der Waals surface area contributed by atoms with Crippen LogP contribution in [0.4, 0.5) is 23.5 Å². The van der Waals surface area contributed by atoms with E-state index >= 15 is 0 Å². The first kappa shape index (κ1) is 11.5. The summed E-state index contributed by atoms with van der Waals surface area (Å²) in [5.41, 5.74) is 21.6. The van der Waals surface area contributed by atoms with E-state index in [9.17, 15) is 0 Å². The molecule has 16 heavy (non-hydrogen) atoms. The molecule has 0 radical (unpaired) electrons. The number of anilines is 4. The molecule has 0 bridgehead atoms. The smallest absolute Gasteiger partial charge is 0.226 e. The maximum Gasteiger partial charge on any atom is 0.226 e. The van der Waals surface area contributed by atoms with E-state index < -0.39 is 0 Å². The molecule has 0 fully saturated rings. The summed E-state index contributed by atoms with van der Waals surface area (Å²) in [6, 6.07) is 9.49. The highest BCUT2D eigenvalue weighted by molar-refractivity contribution is 5.36. The van der Waals surface area contributed by atoms with Crippen molar-refractivity contribution >= 4 is 23.5 Å². The fourth-order valence-electron chi connectivity index (χ4n) is 0.880. The summed E-state index contributed by atoms with van der Waals surface area (Å²) in [4.78, 5) is 10.5. The Morgan fingerprint density at radius 1 is 0.625 bits per heavy atom. The molecule has 8 N–H and O–H groups in total. The highest BCUT2D eigenvalue weighted by atomic mass is 15.2. The van der Waals surface area contributed by atoms with Gasteiger partial charge in [0.25, 0.3) is 0 Å². The lowest BCUT2D eigenvalue weighted by atomic mass is 10.3. The molecule has 7 nitrogen and oxygen atoms in total. The molecule has 0 aliphatic rings. The van der Waals surface area contributed by atoms with Gasteiger partial charge in [-0.1, -0.05) is 18.2 Å². The van der Waals surface area contributed by atoms with Crippen LogP contribution in [0.5, 0.6) is 0 Å². The van der Waals surface area contributed by atoms with Crippen molar-refractivity contribution in [1.29, 1.82) is 0 Å². The second kappa shape index (κ2) is 5.35. The van der Waals surface area contributed by atoms with E-state index in [0.717, 1.165) is 5.69 Å². The Morgan fingerprint density at radius 2 is 1.00 bits per heavy atom. The molecule has 84 valence electrons. The monoisotopic (exact) mass is 219 g/mol. The van der Waals surface area contributed by atoms with Gasteiger partial charge >= 0.3 is 0 Å². The van der Waals surface area contributed by atoms with Crippen LogP contribution < -0.4 is 22.9 Å². The molecule has 1 heterocycles. The molecule has 0 amide bonds. The van der Waals surface area contributed by atoms with Gasteiger partial charge in [0.2, 0.25) is 17.8 Å². The molecule has 0 atom stereocenters. The van der Waals surface area contributed by atoms with Gasteiger partial charge in [0, 0.05) is 5.69 Å². The average Bonchev–Trinajstić information content (AvgIpc) is 2.17. The Morgan fingerprint density at radius 3 is 1.25 bits per heavy atom. The van der Waals surface area contributed by atoms with Gasteiger partial charge < -0.3 is 22.9 Å². The lowest BCUT2D eigenvalue weighted by Crippen LogP contribution is -2.05. The molecule has 2 aromatic rings. The summed E-state index contributed by atoms with van der Waals surface area (Å²) < 4.78 is 0. The van der Waals surface area contributed by atoms with Crippen LogP contribution >= 0.6 is 0 Å². The normalized spacial score (nSPS) is 9.00. The first-order valence-corrected chi connectivity index (χ1v) is 4.41. The molecular formula is C9H13N7. The van der Waals surface area contributed by atoms with Gasteiger partial charge in [-0.2, -0.15) is 15.0 Å². The van der Waals surface area contributed by atoms with Crippen LogP contribution in [0.1, 0.15) is 0 Å². The lowest BCUT2D eigenvalue weighted by molar-refractivity contribution is 1.09. The van der Waals surface area contributed by atoms with Crippen LogP contribution in [-0.4, -0.2) is 15.0 Å². The van der Waals surface area contributed by atoms with Crippen molar-refractivity contribution < 1.29 is 0 Å². The number of nitrogens with zero attached hydrogens (tertiary/aromatic N) is 3. The Balaban J connectivity index is 0.000000165. The number of hydrogen-bond donors (Lipinski definition) is 4. The largest absolute Gasteiger partial charge is 0.399 e. The van der Waals surface area contributed by atoms with Crippen LogP contribution in [0.15, 0.2) is 30.3 Å². The van der Waals surface area contributed by atoms with Gasteiger partial charge in [0.1, 0.15) is 0 Å². The van der Waals surface area contributed by atoms with E-state index in [-0.39, 0.29) is 17.8 Å². The van der Waals surface area contributed by atoms with Crippen molar-refractivity contribution in [3.05, 3.63) is 30.3 Å². The summed E-state index contributed by atoms with van der Waals surface area (Å²) in [6.07, 6.45) is 0. The average molecular weight is 219 g/mol. The summed E-state index contributed by atoms with van der Waals surface area (Å²) in [5, 5.41) is 0. The van der Waals surface area contributed by atoms with E-state index in [4.69, 9.17) is 22.9 Å². The van der Waals surface area contributed by atoms with Crippen molar-refractivity contribution in [3.63, 3.8) is 0 Å². The van der Waals surface area contributed by atoms with E-state index in [1.165, 1.54) is 0 Å². The number of benzene rings is 1. The molecule has 1 aromatic carbocycles. The second-order valence-corrected chi connectivity index (χ2v) is 2.82. The second-order valence-electron chi connectivity index (χ2n) is 2.82. The standard InChI is InChI=1S/C6H7N.C3H6N6/c7-6-4-2-1-3-5-6;4-1-7-2(5)9-3(6)8-1/h1-5H,7H2;(H6,4,5,6,7,8,9). The van der Waals surface area contributed by atoms with Crippen molar-refractivity contribution in [3.8, 4) is 0 Å². The summed E-state index contributed by atoms with van der Waals surface area (Å²) in [5.74, 6) is 0.125. The third-order valence-corrected chi connectivity index (χ3v) is 1.49. The quantitative estimate of drug-likeness (QED) is 0.452. The van der Waals surface area contributed by atoms with Crippen molar-refractivity contribution in [1.82, 2.24) is 15.0 Å². The zero-order chi connectivity index (χ0) is 12.0. The zero-order valence-electron chi connectivity index (χ0n) is 8.54. The van der Waals surface area contributed by atoms with Crippen LogP contribution in [0.2, 0.25) is 0 Å². The minimum Gasteiger partial charge on any atom is -0.399 e. The third kappa shape index (κ3) is 4.09. The molecule has 0 saturated heterocycles. The molecule has 1 aromatic heterocycles. The van der Waals surface area contributed by atoms with Gasteiger partial charge in [0.15, 0.2) is 0 Å². The van der Waals surface area contributed by atoms with Gasteiger partial charge in [-0.05, 0) is 12.1 Å². The topological polar surface area (TPSA) is 143 Å². The first-order chi connectivity index (χ1) is 7.58. The van der Waals surface area contributed by atoms with E-state index in [1.807, 2.05) is 30.3 Å². The van der Waals surface area contributed by atoms with Gasteiger partial charge in [-0.3, -0.25) is 0 Å². The van der Waals surface area contributed by atoms with Gasteiger partial charge in [0.05, 0.1) is 0 Å². The van der Waals surface area contributed by atoms with Crippen molar-refractivity contribution in [2.45, 2.75) is 0 Å². The third-order valence-electron chi connectivity index (χ3n) is 1.49. The lowest BCUT2D eigenvalue weighted by Gasteiger charge is -1.93. The maximum atomic E-state index is 5.36. The van der Waals surface area contributed by atoms with E-state index in [2.05, 4.69) is 15.0 Å². The predicted octanol–water partition coefficient (Wildman–Crippen LogP) is -0.113. The summed E-state index contributed by atoms with van der Waals surface area (Å²) in [7, 11) is 0. The SMILES string of the molecule is Nc1ccccc1.Nc1nc(N)nc(N)n1. The van der Waals surface area contributed by atoms with Gasteiger partial charge in [-0.15, -0.1) is 0 Å². The van der Waals surface area contributed by atoms with E-state index in [0.29, 0.717) is 0 Å².